The Morgan fingerprint density at radius 1 is 0.952 bits per heavy atom. The van der Waals surface area contributed by atoms with Gasteiger partial charge >= 0.3 is 0 Å². The lowest BCUT2D eigenvalue weighted by Gasteiger charge is -2.07. The molecule has 0 unspecified atom stereocenters. The molecule has 0 N–H and O–H groups in total. The average molecular weight is 278 g/mol. The van der Waals surface area contributed by atoms with Crippen LogP contribution in [0, 0.1) is 0 Å². The molecule has 21 heavy (non-hydrogen) atoms. The number of carbonyl (C=O) groups excluding carboxylic acids is 1. The van der Waals surface area contributed by atoms with E-state index in [-0.39, 0.29) is 5.78 Å². The van der Waals surface area contributed by atoms with Crippen LogP contribution in [0.1, 0.15) is 21.7 Å². The van der Waals surface area contributed by atoms with Crippen LogP contribution in [0.15, 0.2) is 77.4 Å². The van der Waals surface area contributed by atoms with E-state index in [0.717, 1.165) is 5.56 Å². The number of rotatable bonds is 5. The normalized spacial score (nSPS) is 10.3. The molecule has 1 aromatic heterocycles. The fraction of sp³-hybridized carbons (Fsp3) is 0.0556. The number of ketones is 1. The van der Waals surface area contributed by atoms with Gasteiger partial charge in [0.1, 0.15) is 12.4 Å². The highest BCUT2D eigenvalue weighted by Gasteiger charge is 2.12. The molecule has 0 amide bonds. The minimum atomic E-state index is -0.148. The Kier molecular flexibility index (Phi) is 3.83. The molecule has 0 bridgehead atoms. The smallest absolute Gasteiger partial charge is 0.228 e. The average Bonchev–Trinajstić information content (AvgIpc) is 3.08. The van der Waals surface area contributed by atoms with Crippen LogP contribution >= 0.6 is 0 Å². The predicted molar refractivity (Wildman–Crippen MR) is 79.4 cm³/mol. The highest BCUT2D eigenvalue weighted by Crippen LogP contribution is 2.18. The first-order valence-corrected chi connectivity index (χ1v) is 6.68. The molecular formula is C18H14O3. The summed E-state index contributed by atoms with van der Waals surface area (Å²) in [5, 5.41) is 0. The van der Waals surface area contributed by atoms with Crippen molar-refractivity contribution in [3.8, 4) is 5.75 Å². The second kappa shape index (κ2) is 6.09. The maximum absolute atomic E-state index is 12.2. The lowest BCUT2D eigenvalue weighted by Crippen LogP contribution is -2.01. The van der Waals surface area contributed by atoms with Crippen molar-refractivity contribution in [2.45, 2.75) is 6.61 Å². The molecule has 3 heteroatoms. The second-order valence-corrected chi connectivity index (χ2v) is 4.61. The Morgan fingerprint density at radius 2 is 1.81 bits per heavy atom. The Balaban J connectivity index is 1.73. The Morgan fingerprint density at radius 3 is 2.57 bits per heavy atom. The summed E-state index contributed by atoms with van der Waals surface area (Å²) in [6.07, 6.45) is 1.49. The van der Waals surface area contributed by atoms with Crippen molar-refractivity contribution in [3.63, 3.8) is 0 Å². The summed E-state index contributed by atoms with van der Waals surface area (Å²) in [6.45, 7) is 0.471. The molecular weight excluding hydrogens is 264 g/mol. The molecule has 0 aliphatic rings. The summed E-state index contributed by atoms with van der Waals surface area (Å²) in [6, 6.07) is 20.4. The molecule has 3 rings (SSSR count). The Bertz CT molecular complexity index is 715. The number of benzene rings is 2. The van der Waals surface area contributed by atoms with Crippen LogP contribution < -0.4 is 4.74 Å². The zero-order chi connectivity index (χ0) is 14.5. The molecule has 0 saturated heterocycles. The molecule has 3 nitrogen and oxygen atoms in total. The fourth-order valence-electron chi connectivity index (χ4n) is 2.02. The third-order valence-electron chi connectivity index (χ3n) is 3.09. The topological polar surface area (TPSA) is 39.4 Å². The predicted octanol–water partition coefficient (Wildman–Crippen LogP) is 4.09. The number of ether oxygens (including phenoxy) is 1. The second-order valence-electron chi connectivity index (χ2n) is 4.61. The van der Waals surface area contributed by atoms with Gasteiger partial charge in [0.05, 0.1) is 6.26 Å². The van der Waals surface area contributed by atoms with Crippen LogP contribution in [0.5, 0.6) is 5.75 Å². The van der Waals surface area contributed by atoms with Crippen LogP contribution in [0.4, 0.5) is 0 Å². The molecule has 0 spiro atoms. The van der Waals surface area contributed by atoms with Gasteiger partial charge < -0.3 is 9.15 Å². The first kappa shape index (κ1) is 13.2. The number of hydrogen-bond acceptors (Lipinski definition) is 3. The quantitative estimate of drug-likeness (QED) is 0.660. The van der Waals surface area contributed by atoms with E-state index in [1.165, 1.54) is 6.26 Å². The van der Waals surface area contributed by atoms with Gasteiger partial charge in [-0.1, -0.05) is 42.5 Å². The Labute approximate surface area is 122 Å². The van der Waals surface area contributed by atoms with Crippen LogP contribution in [-0.2, 0) is 6.61 Å². The molecule has 3 aromatic rings. The van der Waals surface area contributed by atoms with Gasteiger partial charge in [0.15, 0.2) is 5.76 Å². The molecule has 104 valence electrons. The van der Waals surface area contributed by atoms with Gasteiger partial charge in [-0.15, -0.1) is 0 Å². The maximum Gasteiger partial charge on any atom is 0.228 e. The minimum absolute atomic E-state index is 0.148. The van der Waals surface area contributed by atoms with E-state index in [2.05, 4.69) is 0 Å². The SMILES string of the molecule is O=C(c1cccc(OCc2ccccc2)c1)c1ccco1. The monoisotopic (exact) mass is 278 g/mol. The number of furan rings is 1. The summed E-state index contributed by atoms with van der Waals surface area (Å²) in [4.78, 5) is 12.2. The summed E-state index contributed by atoms with van der Waals surface area (Å²) in [5.74, 6) is 0.844. The lowest BCUT2D eigenvalue weighted by molar-refractivity contribution is 0.101. The molecule has 0 atom stereocenters. The van der Waals surface area contributed by atoms with Crippen molar-refractivity contribution in [3.05, 3.63) is 89.9 Å². The molecule has 0 saturated carbocycles. The van der Waals surface area contributed by atoms with E-state index >= 15 is 0 Å². The summed E-state index contributed by atoms with van der Waals surface area (Å²) in [5.41, 5.74) is 1.63. The van der Waals surface area contributed by atoms with E-state index in [1.54, 1.807) is 30.3 Å². The Hall–Kier alpha value is -2.81. The largest absolute Gasteiger partial charge is 0.489 e. The van der Waals surface area contributed by atoms with Gasteiger partial charge in [0.25, 0.3) is 0 Å². The van der Waals surface area contributed by atoms with Crippen LogP contribution in [0.25, 0.3) is 0 Å². The zero-order valence-electron chi connectivity index (χ0n) is 11.4. The van der Waals surface area contributed by atoms with E-state index in [0.29, 0.717) is 23.7 Å². The van der Waals surface area contributed by atoms with Crippen LogP contribution in [0.3, 0.4) is 0 Å². The van der Waals surface area contributed by atoms with E-state index < -0.39 is 0 Å². The van der Waals surface area contributed by atoms with Crippen molar-refractivity contribution >= 4 is 5.78 Å². The summed E-state index contributed by atoms with van der Waals surface area (Å²) < 4.78 is 10.8. The van der Waals surface area contributed by atoms with Crippen LogP contribution in [0.2, 0.25) is 0 Å². The van der Waals surface area contributed by atoms with Gasteiger partial charge in [0, 0.05) is 5.56 Å². The van der Waals surface area contributed by atoms with Crippen molar-refractivity contribution in [2.24, 2.45) is 0 Å². The van der Waals surface area contributed by atoms with Gasteiger partial charge in [-0.05, 0) is 29.8 Å². The van der Waals surface area contributed by atoms with Crippen molar-refractivity contribution in [1.82, 2.24) is 0 Å². The first-order chi connectivity index (χ1) is 10.3. The van der Waals surface area contributed by atoms with Crippen molar-refractivity contribution in [2.75, 3.05) is 0 Å². The van der Waals surface area contributed by atoms with Gasteiger partial charge in [-0.2, -0.15) is 0 Å². The zero-order valence-corrected chi connectivity index (χ0v) is 11.4. The summed E-state index contributed by atoms with van der Waals surface area (Å²) >= 11 is 0. The molecule has 0 aliphatic carbocycles. The molecule has 0 fully saturated rings. The molecule has 0 aliphatic heterocycles. The van der Waals surface area contributed by atoms with Crippen molar-refractivity contribution < 1.29 is 13.9 Å². The van der Waals surface area contributed by atoms with Gasteiger partial charge in [0.2, 0.25) is 5.78 Å². The summed E-state index contributed by atoms with van der Waals surface area (Å²) in [7, 11) is 0. The van der Waals surface area contributed by atoms with Gasteiger partial charge in [-0.3, -0.25) is 4.79 Å². The lowest BCUT2D eigenvalue weighted by atomic mass is 10.1. The maximum atomic E-state index is 12.2. The number of carbonyl (C=O) groups is 1. The first-order valence-electron chi connectivity index (χ1n) is 6.68. The highest BCUT2D eigenvalue weighted by molar-refractivity contribution is 6.07. The van der Waals surface area contributed by atoms with E-state index in [4.69, 9.17) is 9.15 Å². The fourth-order valence-corrected chi connectivity index (χ4v) is 2.02. The van der Waals surface area contributed by atoms with Crippen molar-refractivity contribution in [1.29, 1.82) is 0 Å². The molecule has 2 aromatic carbocycles. The number of hydrogen-bond donors (Lipinski definition) is 0. The molecule has 0 radical (unpaired) electrons. The third kappa shape index (κ3) is 3.20. The van der Waals surface area contributed by atoms with E-state index in [9.17, 15) is 4.79 Å². The highest BCUT2D eigenvalue weighted by atomic mass is 16.5. The molecule has 1 heterocycles. The van der Waals surface area contributed by atoms with E-state index in [1.807, 2.05) is 36.4 Å². The minimum Gasteiger partial charge on any atom is -0.489 e. The standard InChI is InChI=1S/C18H14O3/c19-18(17-10-5-11-20-17)15-8-4-9-16(12-15)21-13-14-6-2-1-3-7-14/h1-12H,13H2. The third-order valence-corrected chi connectivity index (χ3v) is 3.09. The van der Waals surface area contributed by atoms with Gasteiger partial charge in [-0.25, -0.2) is 0 Å². The van der Waals surface area contributed by atoms with Crippen LogP contribution in [-0.4, -0.2) is 5.78 Å².